The van der Waals surface area contributed by atoms with Gasteiger partial charge in [0.25, 0.3) is 0 Å². The van der Waals surface area contributed by atoms with E-state index in [2.05, 4.69) is 35.8 Å². The molecule has 25 heavy (non-hydrogen) atoms. The van der Waals surface area contributed by atoms with Crippen molar-refractivity contribution in [1.82, 2.24) is 14.9 Å². The highest BCUT2D eigenvalue weighted by atomic mass is 32.1. The number of nitrogens with zero attached hydrogens (tertiary/aromatic N) is 3. The highest BCUT2D eigenvalue weighted by Crippen LogP contribution is 2.50. The van der Waals surface area contributed by atoms with Crippen LogP contribution in [0.4, 0.5) is 5.82 Å². The average Bonchev–Trinajstić information content (AvgIpc) is 3.13. The SMILES string of the molecule is CC(C)CN(C)[C@H]1CCCC(C2CCc3sc4ncnc(N)c4c32)C1. The number of aryl methyl sites for hydroxylation is 1. The molecule has 1 fully saturated rings. The second kappa shape index (κ2) is 6.84. The summed E-state index contributed by atoms with van der Waals surface area (Å²) in [6.07, 6.45) is 9.50. The molecule has 3 atom stereocenters. The van der Waals surface area contributed by atoms with Crippen molar-refractivity contribution in [2.75, 3.05) is 19.3 Å². The van der Waals surface area contributed by atoms with Crippen molar-refractivity contribution in [2.24, 2.45) is 11.8 Å². The van der Waals surface area contributed by atoms with Crippen LogP contribution in [0.2, 0.25) is 0 Å². The molecule has 4 nitrogen and oxygen atoms in total. The van der Waals surface area contributed by atoms with E-state index in [9.17, 15) is 0 Å². The van der Waals surface area contributed by atoms with Crippen molar-refractivity contribution < 1.29 is 0 Å². The Balaban J connectivity index is 1.59. The molecule has 0 radical (unpaired) electrons. The van der Waals surface area contributed by atoms with Gasteiger partial charge in [-0.15, -0.1) is 11.3 Å². The molecular weight excluding hydrogens is 328 g/mol. The maximum Gasteiger partial charge on any atom is 0.135 e. The van der Waals surface area contributed by atoms with Crippen LogP contribution in [-0.4, -0.2) is 34.5 Å². The van der Waals surface area contributed by atoms with Gasteiger partial charge >= 0.3 is 0 Å². The van der Waals surface area contributed by atoms with Crippen molar-refractivity contribution in [3.05, 3.63) is 16.8 Å². The number of fused-ring (bicyclic) bond motifs is 3. The predicted octanol–water partition coefficient (Wildman–Crippen LogP) is 4.45. The molecule has 5 heteroatoms. The number of thiophene rings is 1. The first-order valence-electron chi connectivity index (χ1n) is 9.76. The highest BCUT2D eigenvalue weighted by Gasteiger charge is 2.37. The third-order valence-corrected chi connectivity index (χ3v) is 7.39. The van der Waals surface area contributed by atoms with Crippen LogP contribution in [0.15, 0.2) is 6.33 Å². The van der Waals surface area contributed by atoms with Gasteiger partial charge in [-0.25, -0.2) is 9.97 Å². The molecular formula is C20H30N4S. The van der Waals surface area contributed by atoms with E-state index in [1.54, 1.807) is 6.33 Å². The summed E-state index contributed by atoms with van der Waals surface area (Å²) in [5, 5.41) is 1.17. The summed E-state index contributed by atoms with van der Waals surface area (Å²) in [6, 6.07) is 0.740. The molecule has 2 aromatic heterocycles. The standard InChI is InChI=1S/C20H30N4S/c1-12(2)10-24(3)14-6-4-5-13(9-14)15-7-8-16-17(15)18-19(21)22-11-23-20(18)25-16/h11-15H,4-10H2,1-3H3,(H2,21,22,23)/t13?,14-,15?/m0/s1. The molecule has 136 valence electrons. The Kier molecular flexibility index (Phi) is 4.71. The van der Waals surface area contributed by atoms with Crippen molar-refractivity contribution in [3.63, 3.8) is 0 Å². The van der Waals surface area contributed by atoms with Crippen molar-refractivity contribution in [1.29, 1.82) is 0 Å². The molecule has 1 saturated carbocycles. The fourth-order valence-electron chi connectivity index (χ4n) is 5.20. The molecule has 0 amide bonds. The maximum atomic E-state index is 6.24. The van der Waals surface area contributed by atoms with Gasteiger partial charge in [0.15, 0.2) is 0 Å². The van der Waals surface area contributed by atoms with Gasteiger partial charge in [-0.05, 0) is 62.5 Å². The van der Waals surface area contributed by atoms with E-state index in [-0.39, 0.29) is 0 Å². The molecule has 0 bridgehead atoms. The van der Waals surface area contributed by atoms with Gasteiger partial charge in [-0.2, -0.15) is 0 Å². The van der Waals surface area contributed by atoms with E-state index >= 15 is 0 Å². The Labute approximate surface area is 154 Å². The van der Waals surface area contributed by atoms with Gasteiger partial charge in [0.1, 0.15) is 17.0 Å². The Morgan fingerprint density at radius 1 is 1.28 bits per heavy atom. The predicted molar refractivity (Wildman–Crippen MR) is 106 cm³/mol. The van der Waals surface area contributed by atoms with Gasteiger partial charge in [0.2, 0.25) is 0 Å². The van der Waals surface area contributed by atoms with Crippen LogP contribution in [0.3, 0.4) is 0 Å². The number of rotatable bonds is 4. The van der Waals surface area contributed by atoms with E-state index in [0.717, 1.165) is 22.7 Å². The average molecular weight is 359 g/mol. The van der Waals surface area contributed by atoms with Crippen LogP contribution in [0.5, 0.6) is 0 Å². The minimum absolute atomic E-state index is 0.660. The lowest BCUT2D eigenvalue weighted by molar-refractivity contribution is 0.134. The lowest BCUT2D eigenvalue weighted by Gasteiger charge is -2.38. The number of hydrogen-bond donors (Lipinski definition) is 1. The number of nitrogen functional groups attached to an aromatic ring is 1. The molecule has 0 saturated heterocycles. The lowest BCUT2D eigenvalue weighted by Crippen LogP contribution is -2.39. The summed E-state index contributed by atoms with van der Waals surface area (Å²) in [5.74, 6) is 2.86. The van der Waals surface area contributed by atoms with Gasteiger partial charge in [-0.3, -0.25) is 0 Å². The third-order valence-electron chi connectivity index (χ3n) is 6.22. The quantitative estimate of drug-likeness (QED) is 0.877. The number of aromatic nitrogens is 2. The van der Waals surface area contributed by atoms with E-state index in [1.165, 1.54) is 60.9 Å². The number of anilines is 1. The van der Waals surface area contributed by atoms with Gasteiger partial charge in [-0.1, -0.05) is 20.3 Å². The van der Waals surface area contributed by atoms with E-state index in [4.69, 9.17) is 5.73 Å². The Hall–Kier alpha value is -1.20. The molecule has 2 unspecified atom stereocenters. The van der Waals surface area contributed by atoms with Crippen molar-refractivity contribution >= 4 is 27.4 Å². The second-order valence-corrected chi connectivity index (χ2v) is 9.52. The minimum atomic E-state index is 0.660. The van der Waals surface area contributed by atoms with Crippen molar-refractivity contribution in [3.8, 4) is 0 Å². The smallest absolute Gasteiger partial charge is 0.135 e. The Morgan fingerprint density at radius 3 is 2.92 bits per heavy atom. The zero-order valence-electron chi connectivity index (χ0n) is 15.7. The highest BCUT2D eigenvalue weighted by molar-refractivity contribution is 7.19. The monoisotopic (exact) mass is 358 g/mol. The van der Waals surface area contributed by atoms with Crippen LogP contribution in [0.25, 0.3) is 10.2 Å². The van der Waals surface area contributed by atoms with Gasteiger partial charge in [0, 0.05) is 17.5 Å². The lowest BCUT2D eigenvalue weighted by atomic mass is 9.75. The van der Waals surface area contributed by atoms with Crippen LogP contribution in [0, 0.1) is 11.8 Å². The molecule has 2 aliphatic rings. The summed E-state index contributed by atoms with van der Waals surface area (Å²) in [5.41, 5.74) is 7.75. The second-order valence-electron chi connectivity index (χ2n) is 8.44. The van der Waals surface area contributed by atoms with E-state index in [0.29, 0.717) is 11.7 Å². The molecule has 2 heterocycles. The fraction of sp³-hybridized carbons (Fsp3) is 0.700. The fourth-order valence-corrected chi connectivity index (χ4v) is 6.43. The van der Waals surface area contributed by atoms with Crippen LogP contribution in [-0.2, 0) is 6.42 Å². The molecule has 2 aromatic rings. The first-order valence-corrected chi connectivity index (χ1v) is 10.6. The molecule has 2 N–H and O–H groups in total. The molecule has 0 spiro atoms. The first-order chi connectivity index (χ1) is 12.0. The molecule has 4 rings (SSSR count). The molecule has 0 aromatic carbocycles. The Bertz CT molecular complexity index is 753. The van der Waals surface area contributed by atoms with E-state index in [1.807, 2.05) is 11.3 Å². The summed E-state index contributed by atoms with van der Waals surface area (Å²) in [4.78, 5) is 14.0. The molecule has 0 aliphatic heterocycles. The number of hydrogen-bond acceptors (Lipinski definition) is 5. The minimum Gasteiger partial charge on any atom is -0.383 e. The zero-order chi connectivity index (χ0) is 17.6. The first kappa shape index (κ1) is 17.2. The van der Waals surface area contributed by atoms with Crippen molar-refractivity contribution in [2.45, 2.75) is 64.3 Å². The number of nitrogens with two attached hydrogens (primary N) is 1. The Morgan fingerprint density at radius 2 is 2.12 bits per heavy atom. The van der Waals surface area contributed by atoms with Crippen LogP contribution >= 0.6 is 11.3 Å². The largest absolute Gasteiger partial charge is 0.383 e. The van der Waals surface area contributed by atoms with Crippen LogP contribution in [0.1, 0.15) is 62.3 Å². The summed E-state index contributed by atoms with van der Waals surface area (Å²) in [6.45, 7) is 5.84. The molecule has 2 aliphatic carbocycles. The third kappa shape index (κ3) is 3.17. The summed E-state index contributed by atoms with van der Waals surface area (Å²) in [7, 11) is 2.32. The topological polar surface area (TPSA) is 55.0 Å². The van der Waals surface area contributed by atoms with Gasteiger partial charge in [0.05, 0.1) is 5.39 Å². The zero-order valence-corrected chi connectivity index (χ0v) is 16.5. The maximum absolute atomic E-state index is 6.24. The van der Waals surface area contributed by atoms with Crippen LogP contribution < -0.4 is 5.73 Å². The summed E-state index contributed by atoms with van der Waals surface area (Å²) >= 11 is 1.84. The normalized spacial score (nSPS) is 26.7. The van der Waals surface area contributed by atoms with Gasteiger partial charge < -0.3 is 10.6 Å². The van der Waals surface area contributed by atoms with E-state index < -0.39 is 0 Å². The summed E-state index contributed by atoms with van der Waals surface area (Å²) < 4.78 is 0.